The summed E-state index contributed by atoms with van der Waals surface area (Å²) in [6, 6.07) is 10.7. The maximum atomic E-state index is 14.5. The molecular formula is C28H22ClF3N6O3. The van der Waals surface area contributed by atoms with E-state index in [0.717, 1.165) is 21.9 Å². The van der Waals surface area contributed by atoms with Gasteiger partial charge in [-0.25, -0.2) is 23.1 Å². The summed E-state index contributed by atoms with van der Waals surface area (Å²) in [5.74, 6) is -5.89. The molecule has 1 saturated carbocycles. The Balaban J connectivity index is 1.61. The third-order valence-corrected chi connectivity index (χ3v) is 7.28. The first kappa shape index (κ1) is 28.0. The van der Waals surface area contributed by atoms with Gasteiger partial charge in [0.05, 0.1) is 0 Å². The van der Waals surface area contributed by atoms with Crippen LogP contribution in [-0.2, 0) is 14.4 Å². The fourth-order valence-electron chi connectivity index (χ4n) is 5.02. The van der Waals surface area contributed by atoms with E-state index in [4.69, 9.17) is 11.6 Å². The SMILES string of the molecule is N#Cc1ccnc(N2C(=O)CC[C@H]2C(=O)N(c2cccc(F)c2)[C@H](C(=O)NC2CC(F)(F)C2)c2ccccc2Cl)n1. The zero-order valence-electron chi connectivity index (χ0n) is 21.3. The fourth-order valence-corrected chi connectivity index (χ4v) is 5.26. The van der Waals surface area contributed by atoms with Crippen molar-refractivity contribution in [2.24, 2.45) is 0 Å². The number of carbonyl (C=O) groups is 3. The van der Waals surface area contributed by atoms with E-state index in [1.54, 1.807) is 12.1 Å². The summed E-state index contributed by atoms with van der Waals surface area (Å²) in [5, 5.41) is 11.9. The second-order valence-electron chi connectivity index (χ2n) is 9.75. The lowest BCUT2D eigenvalue weighted by molar-refractivity contribution is -0.133. The van der Waals surface area contributed by atoms with E-state index in [0.29, 0.717) is 0 Å². The van der Waals surface area contributed by atoms with Gasteiger partial charge in [-0.2, -0.15) is 5.26 Å². The van der Waals surface area contributed by atoms with Crippen LogP contribution >= 0.6 is 11.6 Å². The summed E-state index contributed by atoms with van der Waals surface area (Å²) in [6.07, 6.45) is 0.0779. The molecule has 2 aromatic carbocycles. The van der Waals surface area contributed by atoms with Crippen LogP contribution in [0.5, 0.6) is 0 Å². The maximum Gasteiger partial charge on any atom is 0.252 e. The van der Waals surface area contributed by atoms with Crippen LogP contribution in [0.4, 0.5) is 24.8 Å². The van der Waals surface area contributed by atoms with E-state index in [2.05, 4.69) is 15.3 Å². The van der Waals surface area contributed by atoms with Crippen molar-refractivity contribution in [1.82, 2.24) is 15.3 Å². The zero-order chi connectivity index (χ0) is 29.3. The number of aromatic nitrogens is 2. The molecule has 5 rings (SSSR count). The second-order valence-corrected chi connectivity index (χ2v) is 10.2. The smallest absolute Gasteiger partial charge is 0.252 e. The molecule has 210 valence electrons. The van der Waals surface area contributed by atoms with Crippen LogP contribution < -0.4 is 15.1 Å². The highest BCUT2D eigenvalue weighted by Gasteiger charge is 2.48. The second kappa shape index (κ2) is 11.2. The number of rotatable bonds is 7. The van der Waals surface area contributed by atoms with E-state index in [1.165, 1.54) is 36.5 Å². The Kier molecular flexibility index (Phi) is 7.64. The van der Waals surface area contributed by atoms with Gasteiger partial charge in [-0.3, -0.25) is 24.2 Å². The molecule has 3 aromatic rings. The first-order valence-corrected chi connectivity index (χ1v) is 13.0. The van der Waals surface area contributed by atoms with Crippen LogP contribution in [0.1, 0.15) is 43.0 Å². The average Bonchev–Trinajstić information content (AvgIpc) is 3.32. The van der Waals surface area contributed by atoms with Crippen LogP contribution in [0, 0.1) is 17.1 Å². The number of alkyl halides is 2. The molecule has 1 N–H and O–H groups in total. The molecule has 3 amide bonds. The normalized spacial score (nSPS) is 18.8. The van der Waals surface area contributed by atoms with Gasteiger partial charge in [-0.05, 0) is 36.8 Å². The monoisotopic (exact) mass is 582 g/mol. The molecule has 1 aliphatic carbocycles. The molecule has 1 saturated heterocycles. The van der Waals surface area contributed by atoms with E-state index in [9.17, 15) is 32.8 Å². The molecule has 2 heterocycles. The molecule has 0 bridgehead atoms. The van der Waals surface area contributed by atoms with Crippen molar-refractivity contribution in [1.29, 1.82) is 5.26 Å². The number of anilines is 2. The summed E-state index contributed by atoms with van der Waals surface area (Å²) < 4.78 is 41.6. The Bertz CT molecular complexity index is 1560. The topological polar surface area (TPSA) is 119 Å². The van der Waals surface area contributed by atoms with Crippen molar-refractivity contribution in [3.8, 4) is 6.07 Å². The molecule has 2 atom stereocenters. The molecule has 1 aliphatic heterocycles. The molecule has 41 heavy (non-hydrogen) atoms. The Labute approximate surface area is 237 Å². The molecule has 2 aliphatic rings. The Morgan fingerprint density at radius 3 is 2.61 bits per heavy atom. The number of hydrogen-bond donors (Lipinski definition) is 1. The van der Waals surface area contributed by atoms with E-state index in [-0.39, 0.29) is 40.8 Å². The van der Waals surface area contributed by atoms with Crippen molar-refractivity contribution in [3.63, 3.8) is 0 Å². The first-order chi connectivity index (χ1) is 19.6. The summed E-state index contributed by atoms with van der Waals surface area (Å²) in [6.45, 7) is 0. The minimum absolute atomic E-state index is 0.00926. The summed E-state index contributed by atoms with van der Waals surface area (Å²) in [5.41, 5.74) is 0.0995. The number of nitriles is 1. The average molecular weight is 583 g/mol. The molecule has 13 heteroatoms. The molecule has 2 fully saturated rings. The number of halogens is 4. The van der Waals surface area contributed by atoms with Gasteiger partial charge >= 0.3 is 0 Å². The highest BCUT2D eigenvalue weighted by Crippen LogP contribution is 2.39. The van der Waals surface area contributed by atoms with Gasteiger partial charge in [0.25, 0.3) is 11.8 Å². The molecule has 1 aromatic heterocycles. The van der Waals surface area contributed by atoms with Gasteiger partial charge in [0, 0.05) is 47.8 Å². The lowest BCUT2D eigenvalue weighted by Crippen LogP contribution is -2.56. The minimum Gasteiger partial charge on any atom is -0.351 e. The number of nitrogens with one attached hydrogen (secondary N) is 1. The summed E-state index contributed by atoms with van der Waals surface area (Å²) in [7, 11) is 0. The van der Waals surface area contributed by atoms with Gasteiger partial charge < -0.3 is 5.32 Å². The lowest BCUT2D eigenvalue weighted by atomic mass is 9.87. The van der Waals surface area contributed by atoms with Gasteiger partial charge in [-0.1, -0.05) is 35.9 Å². The van der Waals surface area contributed by atoms with Crippen LogP contribution in [0.3, 0.4) is 0 Å². The predicted octanol–water partition coefficient (Wildman–Crippen LogP) is 4.32. The van der Waals surface area contributed by atoms with Crippen LogP contribution in [-0.4, -0.2) is 45.7 Å². The van der Waals surface area contributed by atoms with Crippen LogP contribution in [0.2, 0.25) is 5.02 Å². The fraction of sp³-hybridized carbons (Fsp3) is 0.286. The third-order valence-electron chi connectivity index (χ3n) is 6.94. The Morgan fingerprint density at radius 1 is 1.17 bits per heavy atom. The van der Waals surface area contributed by atoms with E-state index >= 15 is 0 Å². The maximum absolute atomic E-state index is 14.5. The largest absolute Gasteiger partial charge is 0.351 e. The van der Waals surface area contributed by atoms with E-state index < -0.39 is 60.4 Å². The van der Waals surface area contributed by atoms with Gasteiger partial charge in [0.2, 0.25) is 17.8 Å². The van der Waals surface area contributed by atoms with Crippen molar-refractivity contribution < 1.29 is 27.6 Å². The Morgan fingerprint density at radius 2 is 1.93 bits per heavy atom. The van der Waals surface area contributed by atoms with Gasteiger partial charge in [0.1, 0.15) is 29.7 Å². The summed E-state index contributed by atoms with van der Waals surface area (Å²) in [4.78, 5) is 51.3. The highest BCUT2D eigenvalue weighted by atomic mass is 35.5. The summed E-state index contributed by atoms with van der Waals surface area (Å²) >= 11 is 6.47. The quantitative estimate of drug-likeness (QED) is 0.443. The van der Waals surface area contributed by atoms with Crippen molar-refractivity contribution in [2.75, 3.05) is 9.80 Å². The van der Waals surface area contributed by atoms with Crippen molar-refractivity contribution >= 4 is 41.0 Å². The van der Waals surface area contributed by atoms with Crippen LogP contribution in [0.15, 0.2) is 60.8 Å². The highest BCUT2D eigenvalue weighted by molar-refractivity contribution is 6.31. The standard InChI is InChI=1S/C28H22ClF3N6O3/c29-21-7-2-1-6-20(21)24(25(40)35-18-13-28(31,32)14-18)37(19-5-3-4-16(30)12-19)26(41)22-8-9-23(39)38(22)27-34-11-10-17(15-33)36-27/h1-7,10-12,18,22,24H,8-9,13-14H2,(H,35,40)/t22-,24-/m0/s1. The molecule has 9 nitrogen and oxygen atoms in total. The number of nitrogens with zero attached hydrogens (tertiary/aromatic N) is 5. The predicted molar refractivity (Wildman–Crippen MR) is 141 cm³/mol. The third kappa shape index (κ3) is 5.71. The molecular weight excluding hydrogens is 561 g/mol. The van der Waals surface area contributed by atoms with Crippen molar-refractivity contribution in [2.45, 2.75) is 49.7 Å². The molecule has 0 unspecified atom stereocenters. The molecule has 0 radical (unpaired) electrons. The van der Waals surface area contributed by atoms with Crippen LogP contribution in [0.25, 0.3) is 0 Å². The minimum atomic E-state index is -2.92. The first-order valence-electron chi connectivity index (χ1n) is 12.6. The lowest BCUT2D eigenvalue weighted by Gasteiger charge is -2.39. The number of hydrogen-bond acceptors (Lipinski definition) is 6. The van der Waals surface area contributed by atoms with Crippen molar-refractivity contribution in [3.05, 3.63) is 82.9 Å². The van der Waals surface area contributed by atoms with Gasteiger partial charge in [0.15, 0.2) is 0 Å². The number of carbonyl (C=O) groups excluding carboxylic acids is 3. The number of amides is 3. The zero-order valence-corrected chi connectivity index (χ0v) is 22.1. The number of benzene rings is 2. The van der Waals surface area contributed by atoms with Gasteiger partial charge in [-0.15, -0.1) is 0 Å². The Hall–Kier alpha value is -4.50. The molecule has 0 spiro atoms. The van der Waals surface area contributed by atoms with E-state index in [1.807, 2.05) is 6.07 Å².